The summed E-state index contributed by atoms with van der Waals surface area (Å²) in [4.78, 5) is 10.7. The number of nitrogens with zero attached hydrogens (tertiary/aromatic N) is 3. The topological polar surface area (TPSA) is 68.0 Å². The molecule has 1 aromatic heterocycles. The van der Waals surface area contributed by atoms with Crippen LogP contribution in [0, 0.1) is 0 Å². The number of carboxylic acid groups (broad SMARTS) is 1. The fraction of sp³-hybridized carbons (Fsp3) is 0.727. The average Bonchev–Trinajstić information content (AvgIpc) is 2.72. The number of hydrogen-bond acceptors (Lipinski definition) is 3. The van der Waals surface area contributed by atoms with Gasteiger partial charge in [0.05, 0.1) is 0 Å². The molecule has 1 aromatic rings. The molecule has 1 heterocycles. The minimum Gasteiger partial charge on any atom is -0.476 e. The van der Waals surface area contributed by atoms with E-state index in [9.17, 15) is 18.0 Å². The molecule has 0 saturated heterocycles. The second-order valence-electron chi connectivity index (χ2n) is 4.23. The molecule has 0 radical (unpaired) electrons. The zero-order valence-corrected chi connectivity index (χ0v) is 10.6. The SMILES string of the molecule is CCCCCCCn1nnc(C(=O)O)c1C(F)(F)F. The van der Waals surface area contributed by atoms with Crippen LogP contribution in [0.3, 0.4) is 0 Å². The first kappa shape index (κ1) is 15.5. The summed E-state index contributed by atoms with van der Waals surface area (Å²) < 4.78 is 38.9. The van der Waals surface area contributed by atoms with Crippen LogP contribution in [0.25, 0.3) is 0 Å². The van der Waals surface area contributed by atoms with Crippen LogP contribution in [-0.2, 0) is 12.7 Å². The number of aromatic carboxylic acids is 1. The zero-order chi connectivity index (χ0) is 14.5. The molecule has 5 nitrogen and oxygen atoms in total. The Bertz CT molecular complexity index is 429. The summed E-state index contributed by atoms with van der Waals surface area (Å²) in [6.07, 6.45) is -0.442. The molecule has 0 saturated carbocycles. The third kappa shape index (κ3) is 4.22. The van der Waals surface area contributed by atoms with Crippen LogP contribution in [0.2, 0.25) is 0 Å². The average molecular weight is 279 g/mol. The molecule has 8 heteroatoms. The number of carboxylic acids is 1. The van der Waals surface area contributed by atoms with Crippen molar-refractivity contribution in [1.29, 1.82) is 0 Å². The van der Waals surface area contributed by atoms with Gasteiger partial charge in [-0.25, -0.2) is 9.48 Å². The third-order valence-electron chi connectivity index (χ3n) is 2.68. The van der Waals surface area contributed by atoms with E-state index in [0.717, 1.165) is 25.7 Å². The first-order chi connectivity index (χ1) is 8.88. The largest absolute Gasteiger partial charge is 0.476 e. The maximum Gasteiger partial charge on any atom is 0.435 e. The van der Waals surface area contributed by atoms with Gasteiger partial charge in [0.25, 0.3) is 0 Å². The maximum atomic E-state index is 12.8. The van der Waals surface area contributed by atoms with Crippen LogP contribution in [0.15, 0.2) is 0 Å². The van der Waals surface area contributed by atoms with Gasteiger partial charge < -0.3 is 5.11 Å². The second kappa shape index (κ2) is 6.53. The van der Waals surface area contributed by atoms with Crippen molar-refractivity contribution in [3.63, 3.8) is 0 Å². The summed E-state index contributed by atoms with van der Waals surface area (Å²) in [6, 6.07) is 0. The van der Waals surface area contributed by atoms with Crippen LogP contribution in [0.1, 0.15) is 55.2 Å². The molecule has 1 rings (SSSR count). The summed E-state index contributed by atoms with van der Waals surface area (Å²) in [5.74, 6) is -1.72. The van der Waals surface area contributed by atoms with Gasteiger partial charge in [-0.3, -0.25) is 0 Å². The van der Waals surface area contributed by atoms with E-state index in [4.69, 9.17) is 5.11 Å². The molecule has 0 aliphatic rings. The van der Waals surface area contributed by atoms with Gasteiger partial charge in [-0.1, -0.05) is 37.8 Å². The highest BCUT2D eigenvalue weighted by molar-refractivity contribution is 5.86. The van der Waals surface area contributed by atoms with Crippen LogP contribution in [-0.4, -0.2) is 26.1 Å². The molecule has 0 amide bonds. The van der Waals surface area contributed by atoms with E-state index in [1.165, 1.54) is 0 Å². The Labute approximate surface area is 108 Å². The molecule has 0 bridgehead atoms. The summed E-state index contributed by atoms with van der Waals surface area (Å²) in [6.45, 7) is 2.07. The summed E-state index contributed by atoms with van der Waals surface area (Å²) in [5.41, 5.74) is -2.32. The van der Waals surface area contributed by atoms with Crippen LogP contribution >= 0.6 is 0 Å². The number of alkyl halides is 3. The Hall–Kier alpha value is -1.60. The molecule has 0 atom stereocenters. The first-order valence-electron chi connectivity index (χ1n) is 6.12. The second-order valence-corrected chi connectivity index (χ2v) is 4.23. The zero-order valence-electron chi connectivity index (χ0n) is 10.6. The van der Waals surface area contributed by atoms with Crippen molar-refractivity contribution in [3.8, 4) is 0 Å². The Morgan fingerprint density at radius 1 is 1.26 bits per heavy atom. The lowest BCUT2D eigenvalue weighted by atomic mass is 10.1. The Balaban J connectivity index is 2.76. The predicted octanol–water partition coefficient (Wildman–Crippen LogP) is 2.97. The van der Waals surface area contributed by atoms with Gasteiger partial charge in [0.2, 0.25) is 5.69 Å². The van der Waals surface area contributed by atoms with Crippen molar-refractivity contribution in [2.45, 2.75) is 51.7 Å². The number of unbranched alkanes of at least 4 members (excludes halogenated alkanes) is 4. The Kier molecular flexibility index (Phi) is 5.31. The minimum atomic E-state index is -4.76. The standard InChI is InChI=1S/C11H16F3N3O2/c1-2-3-4-5-6-7-17-9(11(12,13)14)8(10(18)19)15-16-17/h2-7H2,1H3,(H,18,19). The number of aromatic nitrogens is 3. The van der Waals surface area contributed by atoms with Crippen molar-refractivity contribution in [3.05, 3.63) is 11.4 Å². The lowest BCUT2D eigenvalue weighted by molar-refractivity contribution is -0.144. The van der Waals surface area contributed by atoms with Gasteiger partial charge in [0.15, 0.2) is 5.69 Å². The number of carbonyl (C=O) groups is 1. The fourth-order valence-corrected chi connectivity index (χ4v) is 1.76. The minimum absolute atomic E-state index is 0.0266. The highest BCUT2D eigenvalue weighted by atomic mass is 19.4. The molecule has 1 N–H and O–H groups in total. The van der Waals surface area contributed by atoms with E-state index in [1.807, 2.05) is 6.92 Å². The van der Waals surface area contributed by atoms with Crippen LogP contribution < -0.4 is 0 Å². The molecule has 0 spiro atoms. The quantitative estimate of drug-likeness (QED) is 0.779. The Morgan fingerprint density at radius 3 is 2.42 bits per heavy atom. The highest BCUT2D eigenvalue weighted by Crippen LogP contribution is 2.31. The van der Waals surface area contributed by atoms with E-state index in [0.29, 0.717) is 11.1 Å². The number of halogens is 3. The lowest BCUT2D eigenvalue weighted by Crippen LogP contribution is -2.18. The summed E-state index contributed by atoms with van der Waals surface area (Å²) in [7, 11) is 0. The van der Waals surface area contributed by atoms with Crippen molar-refractivity contribution >= 4 is 5.97 Å². The van der Waals surface area contributed by atoms with E-state index >= 15 is 0 Å². The van der Waals surface area contributed by atoms with E-state index in [-0.39, 0.29) is 6.54 Å². The smallest absolute Gasteiger partial charge is 0.435 e. The van der Waals surface area contributed by atoms with Gasteiger partial charge in [-0.05, 0) is 6.42 Å². The molecule has 0 fully saturated rings. The molecular formula is C11H16F3N3O2. The van der Waals surface area contributed by atoms with Crippen molar-refractivity contribution in [2.75, 3.05) is 0 Å². The molecule has 0 aromatic carbocycles. The number of hydrogen-bond donors (Lipinski definition) is 1. The summed E-state index contributed by atoms with van der Waals surface area (Å²) >= 11 is 0. The van der Waals surface area contributed by atoms with Gasteiger partial charge in [0, 0.05) is 6.54 Å². The van der Waals surface area contributed by atoms with Gasteiger partial charge >= 0.3 is 12.1 Å². The highest BCUT2D eigenvalue weighted by Gasteiger charge is 2.41. The van der Waals surface area contributed by atoms with E-state index in [1.54, 1.807) is 0 Å². The van der Waals surface area contributed by atoms with Crippen molar-refractivity contribution in [2.24, 2.45) is 0 Å². The van der Waals surface area contributed by atoms with Crippen LogP contribution in [0.4, 0.5) is 13.2 Å². The van der Waals surface area contributed by atoms with E-state index in [2.05, 4.69) is 10.3 Å². The molecule has 108 valence electrons. The van der Waals surface area contributed by atoms with E-state index < -0.39 is 23.5 Å². The number of aryl methyl sites for hydroxylation is 1. The molecule has 19 heavy (non-hydrogen) atoms. The monoisotopic (exact) mass is 279 g/mol. The molecular weight excluding hydrogens is 263 g/mol. The van der Waals surface area contributed by atoms with Gasteiger partial charge in [-0.2, -0.15) is 13.2 Å². The predicted molar refractivity (Wildman–Crippen MR) is 60.7 cm³/mol. The van der Waals surface area contributed by atoms with Gasteiger partial charge in [-0.15, -0.1) is 5.10 Å². The fourth-order valence-electron chi connectivity index (χ4n) is 1.76. The molecule has 0 unspecified atom stereocenters. The summed E-state index contributed by atoms with van der Waals surface area (Å²) in [5, 5.41) is 15.0. The maximum absolute atomic E-state index is 12.8. The molecule has 0 aliphatic heterocycles. The Morgan fingerprint density at radius 2 is 1.89 bits per heavy atom. The van der Waals surface area contributed by atoms with Gasteiger partial charge in [0.1, 0.15) is 0 Å². The van der Waals surface area contributed by atoms with Crippen LogP contribution in [0.5, 0.6) is 0 Å². The normalized spacial score (nSPS) is 11.8. The van der Waals surface area contributed by atoms with Crippen molar-refractivity contribution in [1.82, 2.24) is 15.0 Å². The number of rotatable bonds is 7. The van der Waals surface area contributed by atoms with Crippen molar-refractivity contribution < 1.29 is 23.1 Å². The third-order valence-corrected chi connectivity index (χ3v) is 2.68. The molecule has 0 aliphatic carbocycles. The first-order valence-corrected chi connectivity index (χ1v) is 6.12. The lowest BCUT2D eigenvalue weighted by Gasteiger charge is -2.09.